The first kappa shape index (κ1) is 11.3. The van der Waals surface area contributed by atoms with Crippen LogP contribution in [0.4, 0.5) is 0 Å². The lowest BCUT2D eigenvalue weighted by molar-refractivity contribution is 0.106. The average Bonchev–Trinajstić information content (AvgIpc) is 2.26. The van der Waals surface area contributed by atoms with Crippen molar-refractivity contribution in [3.05, 3.63) is 35.9 Å². The number of hydrogen-bond donors (Lipinski definition) is 1. The van der Waals surface area contributed by atoms with Crippen LogP contribution in [0.1, 0.15) is 10.4 Å². The molecule has 0 fully saturated rings. The van der Waals surface area contributed by atoms with Crippen molar-refractivity contribution in [2.45, 2.75) is 0 Å². The highest BCUT2D eigenvalue weighted by Crippen LogP contribution is 1.98. The normalized spacial score (nSPS) is 10.2. The molecule has 0 saturated heterocycles. The van der Waals surface area contributed by atoms with E-state index in [0.717, 1.165) is 0 Å². The molecule has 0 bridgehead atoms. The largest absolute Gasteiger partial charge is 0.375 e. The lowest BCUT2D eigenvalue weighted by Crippen LogP contribution is -2.27. The van der Waals surface area contributed by atoms with Crippen LogP contribution in [0.2, 0.25) is 0 Å². The number of carbonyl (C=O) groups is 1. The van der Waals surface area contributed by atoms with Gasteiger partial charge in [0.15, 0.2) is 5.11 Å². The van der Waals surface area contributed by atoms with Gasteiger partial charge in [0.1, 0.15) is 0 Å². The Morgan fingerprint density at radius 2 is 2.07 bits per heavy atom. The van der Waals surface area contributed by atoms with E-state index in [2.05, 4.69) is 17.3 Å². The van der Waals surface area contributed by atoms with E-state index in [1.807, 2.05) is 6.07 Å². The van der Waals surface area contributed by atoms with Gasteiger partial charge in [0.05, 0.1) is 6.21 Å². The Labute approximate surface area is 93.4 Å². The number of nitrogens with zero attached hydrogens (tertiary/aromatic N) is 2. The van der Waals surface area contributed by atoms with Crippen LogP contribution < -0.4 is 5.73 Å². The summed E-state index contributed by atoms with van der Waals surface area (Å²) >= 11 is 4.67. The molecule has 5 heteroatoms. The second kappa shape index (κ2) is 5.21. The molecule has 4 nitrogen and oxygen atoms in total. The molecule has 0 saturated carbocycles. The molecule has 0 spiro atoms. The number of nitrogens with two attached hydrogens (primary N) is 1. The second-order valence-corrected chi connectivity index (χ2v) is 3.25. The Kier molecular flexibility index (Phi) is 3.93. The van der Waals surface area contributed by atoms with Crippen molar-refractivity contribution in [3.8, 4) is 0 Å². The van der Waals surface area contributed by atoms with Gasteiger partial charge in [0.2, 0.25) is 5.78 Å². The first-order valence-electron chi connectivity index (χ1n) is 4.28. The topological polar surface area (TPSA) is 58.7 Å². The molecule has 0 atom stereocenters. The zero-order valence-corrected chi connectivity index (χ0v) is 9.07. The molecular weight excluding hydrogens is 210 g/mol. The summed E-state index contributed by atoms with van der Waals surface area (Å²) in [6, 6.07) is 8.86. The van der Waals surface area contributed by atoms with Crippen molar-refractivity contribution in [1.82, 2.24) is 5.01 Å². The van der Waals surface area contributed by atoms with Crippen LogP contribution in [0.25, 0.3) is 0 Å². The van der Waals surface area contributed by atoms with Gasteiger partial charge in [-0.15, -0.1) is 0 Å². The van der Waals surface area contributed by atoms with E-state index in [4.69, 9.17) is 5.73 Å². The first-order chi connectivity index (χ1) is 7.11. The highest BCUT2D eigenvalue weighted by Gasteiger charge is 2.01. The lowest BCUT2D eigenvalue weighted by atomic mass is 10.1. The van der Waals surface area contributed by atoms with Gasteiger partial charge in [-0.2, -0.15) is 5.10 Å². The van der Waals surface area contributed by atoms with Crippen molar-refractivity contribution >= 4 is 29.3 Å². The van der Waals surface area contributed by atoms with Crippen molar-refractivity contribution in [2.75, 3.05) is 7.05 Å². The third-order valence-electron chi connectivity index (χ3n) is 1.73. The molecule has 0 radical (unpaired) electrons. The average molecular weight is 221 g/mol. The number of hydrazone groups is 1. The van der Waals surface area contributed by atoms with Crippen molar-refractivity contribution in [1.29, 1.82) is 0 Å². The summed E-state index contributed by atoms with van der Waals surface area (Å²) in [5, 5.41) is 5.17. The predicted molar refractivity (Wildman–Crippen MR) is 63.8 cm³/mol. The molecule has 0 amide bonds. The van der Waals surface area contributed by atoms with Crippen LogP contribution in [0.5, 0.6) is 0 Å². The third kappa shape index (κ3) is 3.47. The van der Waals surface area contributed by atoms with Gasteiger partial charge in [-0.3, -0.25) is 4.79 Å². The summed E-state index contributed by atoms with van der Waals surface area (Å²) in [5.74, 6) is -0.182. The fourth-order valence-corrected chi connectivity index (χ4v) is 0.920. The quantitative estimate of drug-likeness (QED) is 0.358. The fraction of sp³-hybridized carbons (Fsp3) is 0.100. The zero-order chi connectivity index (χ0) is 11.3. The molecule has 2 N–H and O–H groups in total. The Bertz CT molecular complexity index is 389. The van der Waals surface area contributed by atoms with Crippen LogP contribution >= 0.6 is 12.2 Å². The number of carbonyl (C=O) groups excluding carboxylic acids is 1. The van der Waals surface area contributed by atoms with Gasteiger partial charge in [0, 0.05) is 12.6 Å². The number of rotatable bonds is 3. The van der Waals surface area contributed by atoms with E-state index in [-0.39, 0.29) is 10.9 Å². The number of Topliss-reactive ketones (excluding diaryl/α,β-unsaturated/α-hetero) is 1. The number of benzene rings is 1. The molecular formula is C10H11N3OS. The summed E-state index contributed by atoms with van der Waals surface area (Å²) < 4.78 is 0. The number of hydrogen-bond acceptors (Lipinski definition) is 3. The Morgan fingerprint density at radius 1 is 1.47 bits per heavy atom. The smallest absolute Gasteiger partial charge is 0.205 e. The molecule has 1 rings (SSSR count). The Balaban J connectivity index is 2.68. The van der Waals surface area contributed by atoms with Crippen LogP contribution in [0, 0.1) is 0 Å². The van der Waals surface area contributed by atoms with Gasteiger partial charge in [-0.1, -0.05) is 30.3 Å². The molecule has 0 aliphatic rings. The van der Waals surface area contributed by atoms with Crippen molar-refractivity contribution < 1.29 is 4.79 Å². The summed E-state index contributed by atoms with van der Waals surface area (Å²) in [4.78, 5) is 11.5. The highest BCUT2D eigenvalue weighted by atomic mass is 32.1. The molecule has 15 heavy (non-hydrogen) atoms. The monoisotopic (exact) mass is 221 g/mol. The van der Waals surface area contributed by atoms with Crippen LogP contribution in [-0.4, -0.2) is 29.2 Å². The minimum absolute atomic E-state index is 0.118. The molecule has 1 aromatic rings. The fourth-order valence-electron chi connectivity index (χ4n) is 0.873. The predicted octanol–water partition coefficient (Wildman–Crippen LogP) is 1.03. The minimum atomic E-state index is -0.182. The van der Waals surface area contributed by atoms with Gasteiger partial charge in [-0.25, -0.2) is 5.01 Å². The van der Waals surface area contributed by atoms with E-state index in [1.165, 1.54) is 11.2 Å². The van der Waals surface area contributed by atoms with Gasteiger partial charge >= 0.3 is 0 Å². The Morgan fingerprint density at radius 3 is 2.60 bits per heavy atom. The maximum atomic E-state index is 11.5. The van der Waals surface area contributed by atoms with Gasteiger partial charge in [-0.05, 0) is 12.2 Å². The summed E-state index contributed by atoms with van der Waals surface area (Å²) in [5.41, 5.74) is 5.87. The van der Waals surface area contributed by atoms with E-state index >= 15 is 0 Å². The van der Waals surface area contributed by atoms with Gasteiger partial charge < -0.3 is 5.73 Å². The maximum absolute atomic E-state index is 11.5. The highest BCUT2D eigenvalue weighted by molar-refractivity contribution is 7.80. The summed E-state index contributed by atoms with van der Waals surface area (Å²) in [6.45, 7) is 0. The maximum Gasteiger partial charge on any atom is 0.205 e. The van der Waals surface area contributed by atoms with Crippen LogP contribution in [0.3, 0.4) is 0 Å². The van der Waals surface area contributed by atoms with Gasteiger partial charge in [0.25, 0.3) is 0 Å². The zero-order valence-electron chi connectivity index (χ0n) is 8.25. The number of thiocarbonyl (C=S) groups is 1. The molecule has 0 unspecified atom stereocenters. The molecule has 78 valence electrons. The second-order valence-electron chi connectivity index (χ2n) is 2.84. The SMILES string of the molecule is CN(/N=C/C(=O)c1ccccc1)C(N)=S. The molecule has 1 aromatic carbocycles. The van der Waals surface area contributed by atoms with E-state index in [9.17, 15) is 4.79 Å². The van der Waals surface area contributed by atoms with E-state index in [1.54, 1.807) is 31.3 Å². The van der Waals surface area contributed by atoms with Crippen LogP contribution in [-0.2, 0) is 0 Å². The lowest BCUT2D eigenvalue weighted by Gasteiger charge is -2.07. The van der Waals surface area contributed by atoms with Crippen LogP contribution in [0.15, 0.2) is 35.4 Å². The molecule has 0 heterocycles. The summed E-state index contributed by atoms with van der Waals surface area (Å²) in [6.07, 6.45) is 1.19. The minimum Gasteiger partial charge on any atom is -0.375 e. The van der Waals surface area contributed by atoms with Crippen molar-refractivity contribution in [3.63, 3.8) is 0 Å². The number of ketones is 1. The first-order valence-corrected chi connectivity index (χ1v) is 4.68. The van der Waals surface area contributed by atoms with Crippen molar-refractivity contribution in [2.24, 2.45) is 10.8 Å². The van der Waals surface area contributed by atoms with E-state index in [0.29, 0.717) is 5.56 Å². The summed E-state index contributed by atoms with van der Waals surface area (Å²) in [7, 11) is 1.58. The third-order valence-corrected chi connectivity index (χ3v) is 1.99. The molecule has 0 aromatic heterocycles. The Hall–Kier alpha value is -1.75. The van der Waals surface area contributed by atoms with E-state index < -0.39 is 0 Å². The standard InChI is InChI=1S/C10H11N3OS/c1-13(10(11)15)12-7-9(14)8-5-3-2-4-6-8/h2-7H,1H3,(H2,11,15)/b12-7+. The molecule has 0 aliphatic heterocycles. The molecule has 0 aliphatic carbocycles.